The van der Waals surface area contributed by atoms with E-state index in [9.17, 15) is 0 Å². The van der Waals surface area contributed by atoms with E-state index in [0.717, 1.165) is 29.3 Å². The summed E-state index contributed by atoms with van der Waals surface area (Å²) in [6.07, 6.45) is 0.973. The highest BCUT2D eigenvalue weighted by Crippen LogP contribution is 2.23. The second kappa shape index (κ2) is 4.74. The van der Waals surface area contributed by atoms with E-state index in [1.807, 2.05) is 19.1 Å². The molecular formula is C15H19NO. The third-order valence-corrected chi connectivity index (χ3v) is 2.76. The summed E-state index contributed by atoms with van der Waals surface area (Å²) in [6, 6.07) is 8.25. The minimum absolute atomic E-state index is 0.601. The molecule has 2 aromatic rings. The summed E-state index contributed by atoms with van der Waals surface area (Å²) in [5.74, 6) is 2.28. The van der Waals surface area contributed by atoms with Crippen LogP contribution < -0.4 is 0 Å². The normalized spacial score (nSPS) is 11.1. The highest BCUT2D eigenvalue weighted by Gasteiger charge is 2.12. The predicted molar refractivity (Wildman–Crippen MR) is 70.0 cm³/mol. The first-order valence-corrected chi connectivity index (χ1v) is 6.09. The summed E-state index contributed by atoms with van der Waals surface area (Å²) in [5.41, 5.74) is 3.36. The molecule has 0 spiro atoms. The number of hydrogen-bond acceptors (Lipinski definition) is 2. The van der Waals surface area contributed by atoms with E-state index < -0.39 is 0 Å². The molecule has 17 heavy (non-hydrogen) atoms. The topological polar surface area (TPSA) is 26.0 Å². The van der Waals surface area contributed by atoms with Gasteiger partial charge in [-0.05, 0) is 38.3 Å². The Labute approximate surface area is 103 Å². The van der Waals surface area contributed by atoms with Crippen molar-refractivity contribution in [1.82, 2.24) is 4.98 Å². The predicted octanol–water partition coefficient (Wildman–Crippen LogP) is 4.16. The van der Waals surface area contributed by atoms with Crippen LogP contribution in [-0.2, 0) is 6.42 Å². The number of rotatable bonds is 3. The highest BCUT2D eigenvalue weighted by molar-refractivity contribution is 5.54. The van der Waals surface area contributed by atoms with Crippen LogP contribution in [0, 0.1) is 19.8 Å². The van der Waals surface area contributed by atoms with Crippen LogP contribution >= 0.6 is 0 Å². The van der Waals surface area contributed by atoms with E-state index >= 15 is 0 Å². The third-order valence-electron chi connectivity index (χ3n) is 2.76. The number of hydrogen-bond donors (Lipinski definition) is 0. The molecule has 0 saturated heterocycles. The van der Waals surface area contributed by atoms with Gasteiger partial charge in [0.15, 0.2) is 0 Å². The lowest BCUT2D eigenvalue weighted by atomic mass is 10.1. The van der Waals surface area contributed by atoms with Gasteiger partial charge < -0.3 is 4.42 Å². The molecule has 2 rings (SSSR count). The lowest BCUT2D eigenvalue weighted by molar-refractivity contribution is 0.534. The zero-order valence-corrected chi connectivity index (χ0v) is 10.9. The number of oxazole rings is 1. The number of nitrogens with zero attached hydrogens (tertiary/aromatic N) is 1. The highest BCUT2D eigenvalue weighted by atomic mass is 16.4. The summed E-state index contributed by atoms with van der Waals surface area (Å²) in [5, 5.41) is 0. The van der Waals surface area contributed by atoms with Crippen molar-refractivity contribution in [3.8, 4) is 11.5 Å². The molecule has 0 N–H and O–H groups in total. The van der Waals surface area contributed by atoms with Crippen molar-refractivity contribution < 1.29 is 4.42 Å². The van der Waals surface area contributed by atoms with Gasteiger partial charge in [-0.2, -0.15) is 0 Å². The number of benzene rings is 1. The molecule has 0 aliphatic carbocycles. The lowest BCUT2D eigenvalue weighted by Gasteiger charge is -1.99. The molecule has 90 valence electrons. The zero-order chi connectivity index (χ0) is 12.4. The fourth-order valence-corrected chi connectivity index (χ4v) is 1.91. The Morgan fingerprint density at radius 2 is 2.00 bits per heavy atom. The van der Waals surface area contributed by atoms with Crippen molar-refractivity contribution in [3.63, 3.8) is 0 Å². The Balaban J connectivity index is 2.34. The number of aryl methyl sites for hydroxylation is 2. The minimum Gasteiger partial charge on any atom is -0.441 e. The van der Waals surface area contributed by atoms with Gasteiger partial charge in [0.05, 0.1) is 5.69 Å². The molecule has 0 amide bonds. The van der Waals surface area contributed by atoms with E-state index in [2.05, 4.69) is 37.9 Å². The van der Waals surface area contributed by atoms with E-state index in [4.69, 9.17) is 4.42 Å². The second-order valence-electron chi connectivity index (χ2n) is 4.99. The van der Waals surface area contributed by atoms with Gasteiger partial charge in [0.2, 0.25) is 5.89 Å². The summed E-state index contributed by atoms with van der Waals surface area (Å²) in [7, 11) is 0. The molecule has 0 aliphatic rings. The SMILES string of the molecule is Cc1cccc(-c2nc(CC(C)C)c(C)o2)c1. The molecule has 0 unspecified atom stereocenters. The average molecular weight is 229 g/mol. The van der Waals surface area contributed by atoms with Gasteiger partial charge in [-0.1, -0.05) is 31.5 Å². The second-order valence-corrected chi connectivity index (χ2v) is 4.99. The summed E-state index contributed by atoms with van der Waals surface area (Å²) < 4.78 is 5.75. The molecule has 0 fully saturated rings. The Kier molecular flexibility index (Phi) is 3.32. The van der Waals surface area contributed by atoms with E-state index in [1.165, 1.54) is 5.56 Å². The largest absolute Gasteiger partial charge is 0.441 e. The molecule has 1 aromatic carbocycles. The fraction of sp³-hybridized carbons (Fsp3) is 0.400. The average Bonchev–Trinajstić information content (AvgIpc) is 2.59. The van der Waals surface area contributed by atoms with Crippen LogP contribution in [0.25, 0.3) is 11.5 Å². The first-order valence-electron chi connectivity index (χ1n) is 6.09. The van der Waals surface area contributed by atoms with Gasteiger partial charge in [-0.3, -0.25) is 0 Å². The fourth-order valence-electron chi connectivity index (χ4n) is 1.91. The van der Waals surface area contributed by atoms with Crippen molar-refractivity contribution in [3.05, 3.63) is 41.3 Å². The van der Waals surface area contributed by atoms with Crippen LogP contribution in [0.1, 0.15) is 30.9 Å². The van der Waals surface area contributed by atoms with Gasteiger partial charge in [0.25, 0.3) is 0 Å². The maximum absolute atomic E-state index is 5.75. The molecule has 0 bridgehead atoms. The van der Waals surface area contributed by atoms with Crippen molar-refractivity contribution in [2.24, 2.45) is 5.92 Å². The van der Waals surface area contributed by atoms with Gasteiger partial charge in [-0.15, -0.1) is 0 Å². The standard InChI is InChI=1S/C15H19NO/c1-10(2)8-14-12(4)17-15(16-14)13-7-5-6-11(3)9-13/h5-7,9-10H,8H2,1-4H3. The van der Waals surface area contributed by atoms with Gasteiger partial charge in [0.1, 0.15) is 5.76 Å². The molecule has 0 aliphatic heterocycles. The first kappa shape index (κ1) is 11.9. The van der Waals surface area contributed by atoms with Crippen molar-refractivity contribution in [1.29, 1.82) is 0 Å². The van der Waals surface area contributed by atoms with Crippen LogP contribution in [0.15, 0.2) is 28.7 Å². The van der Waals surface area contributed by atoms with Crippen LogP contribution in [0.3, 0.4) is 0 Å². The smallest absolute Gasteiger partial charge is 0.226 e. The Hall–Kier alpha value is -1.57. The van der Waals surface area contributed by atoms with Crippen LogP contribution in [0.5, 0.6) is 0 Å². The summed E-state index contributed by atoms with van der Waals surface area (Å²) >= 11 is 0. The Bertz CT molecular complexity index is 511. The van der Waals surface area contributed by atoms with E-state index in [0.29, 0.717) is 5.92 Å². The quantitative estimate of drug-likeness (QED) is 0.790. The first-order chi connectivity index (χ1) is 8.06. The lowest BCUT2D eigenvalue weighted by Crippen LogP contribution is -1.95. The molecule has 2 nitrogen and oxygen atoms in total. The maximum Gasteiger partial charge on any atom is 0.226 e. The summed E-state index contributed by atoms with van der Waals surface area (Å²) in [6.45, 7) is 8.46. The van der Waals surface area contributed by atoms with Gasteiger partial charge >= 0.3 is 0 Å². The molecule has 0 saturated carbocycles. The van der Waals surface area contributed by atoms with Crippen LogP contribution in [-0.4, -0.2) is 4.98 Å². The minimum atomic E-state index is 0.601. The summed E-state index contributed by atoms with van der Waals surface area (Å²) in [4.78, 5) is 4.59. The number of aromatic nitrogens is 1. The van der Waals surface area contributed by atoms with E-state index in [1.54, 1.807) is 0 Å². The van der Waals surface area contributed by atoms with Crippen molar-refractivity contribution in [2.45, 2.75) is 34.1 Å². The van der Waals surface area contributed by atoms with E-state index in [-0.39, 0.29) is 0 Å². The van der Waals surface area contributed by atoms with Crippen molar-refractivity contribution >= 4 is 0 Å². The molecule has 0 atom stereocenters. The third kappa shape index (κ3) is 2.76. The maximum atomic E-state index is 5.75. The van der Waals surface area contributed by atoms with Crippen LogP contribution in [0.4, 0.5) is 0 Å². The molecule has 2 heteroatoms. The monoisotopic (exact) mass is 229 g/mol. The molecule has 1 heterocycles. The van der Waals surface area contributed by atoms with Crippen molar-refractivity contribution in [2.75, 3.05) is 0 Å². The van der Waals surface area contributed by atoms with Crippen LogP contribution in [0.2, 0.25) is 0 Å². The molecule has 0 radical (unpaired) electrons. The van der Waals surface area contributed by atoms with Gasteiger partial charge in [-0.25, -0.2) is 4.98 Å². The van der Waals surface area contributed by atoms with Gasteiger partial charge in [0, 0.05) is 5.56 Å². The Morgan fingerprint density at radius 3 is 2.65 bits per heavy atom. The molecular weight excluding hydrogens is 210 g/mol. The zero-order valence-electron chi connectivity index (χ0n) is 10.9. The molecule has 1 aromatic heterocycles. The Morgan fingerprint density at radius 1 is 1.24 bits per heavy atom.